The maximum atomic E-state index is 13.8. The molecule has 8 heteroatoms. The second kappa shape index (κ2) is 8.43. The fraction of sp³-hybridized carbons (Fsp3) is 0.150. The summed E-state index contributed by atoms with van der Waals surface area (Å²) in [5.41, 5.74) is 0.676. The number of nitrogens with zero attached hydrogens (tertiary/aromatic N) is 1. The van der Waals surface area contributed by atoms with E-state index >= 15 is 0 Å². The van der Waals surface area contributed by atoms with Crippen molar-refractivity contribution in [1.29, 1.82) is 0 Å². The quantitative estimate of drug-likeness (QED) is 0.509. The van der Waals surface area contributed by atoms with E-state index in [1.165, 1.54) is 19.2 Å². The number of carbonyl (C=O) groups excluding carboxylic acids is 2. The number of rotatable bonds is 6. The monoisotopic (exact) mass is 386 g/mol. The lowest BCUT2D eigenvalue weighted by Gasteiger charge is -2.05. The standard InChI is InChI=1S/C20H16F2N2O4/c1-12(25)24-14-3-5-15(6-4-14)27-20(26)9-8-19-23-11-18(28-19)16-7-2-13(21)10-17(16)22/h2-7,10-11H,8-9H2,1H3,(H,24,25). The van der Waals surface area contributed by atoms with Crippen molar-refractivity contribution in [3.05, 3.63) is 66.2 Å². The number of esters is 1. The van der Waals surface area contributed by atoms with Crippen molar-refractivity contribution < 1.29 is 27.5 Å². The Morgan fingerprint density at radius 2 is 1.89 bits per heavy atom. The van der Waals surface area contributed by atoms with Crippen molar-refractivity contribution >= 4 is 17.6 Å². The third-order valence-corrected chi connectivity index (χ3v) is 3.70. The maximum absolute atomic E-state index is 13.8. The van der Waals surface area contributed by atoms with Gasteiger partial charge in [0.05, 0.1) is 18.2 Å². The van der Waals surface area contributed by atoms with E-state index in [2.05, 4.69) is 10.3 Å². The van der Waals surface area contributed by atoms with Crippen LogP contribution in [0.2, 0.25) is 0 Å². The molecule has 0 unspecified atom stereocenters. The summed E-state index contributed by atoms with van der Waals surface area (Å²) >= 11 is 0. The van der Waals surface area contributed by atoms with E-state index in [0.717, 1.165) is 12.1 Å². The summed E-state index contributed by atoms with van der Waals surface area (Å²) < 4.78 is 37.4. The highest BCUT2D eigenvalue weighted by molar-refractivity contribution is 5.88. The molecule has 3 aromatic rings. The molecule has 2 aromatic carbocycles. The van der Waals surface area contributed by atoms with Gasteiger partial charge in [0.2, 0.25) is 5.91 Å². The molecule has 0 aliphatic rings. The first-order valence-electron chi connectivity index (χ1n) is 8.39. The van der Waals surface area contributed by atoms with E-state index in [4.69, 9.17) is 9.15 Å². The number of oxazole rings is 1. The average molecular weight is 386 g/mol. The molecule has 0 fully saturated rings. The lowest BCUT2D eigenvalue weighted by Crippen LogP contribution is -2.09. The first-order chi connectivity index (χ1) is 13.4. The van der Waals surface area contributed by atoms with Crippen molar-refractivity contribution in [2.45, 2.75) is 19.8 Å². The molecule has 0 bridgehead atoms. The molecule has 6 nitrogen and oxygen atoms in total. The number of ether oxygens (including phenoxy) is 1. The molecule has 28 heavy (non-hydrogen) atoms. The lowest BCUT2D eigenvalue weighted by molar-refractivity contribution is -0.134. The zero-order valence-electron chi connectivity index (χ0n) is 14.9. The number of halogens is 2. The molecule has 0 atom stereocenters. The Balaban J connectivity index is 1.55. The maximum Gasteiger partial charge on any atom is 0.311 e. The fourth-order valence-electron chi connectivity index (χ4n) is 2.44. The molecular formula is C20H16F2N2O4. The molecule has 0 radical (unpaired) electrons. The highest BCUT2D eigenvalue weighted by atomic mass is 19.1. The predicted octanol–water partition coefficient (Wildman–Crippen LogP) is 4.12. The number of nitrogens with one attached hydrogen (secondary N) is 1. The second-order valence-electron chi connectivity index (χ2n) is 5.92. The van der Waals surface area contributed by atoms with Crippen molar-refractivity contribution in [2.24, 2.45) is 0 Å². The van der Waals surface area contributed by atoms with Gasteiger partial charge in [-0.25, -0.2) is 13.8 Å². The SMILES string of the molecule is CC(=O)Nc1ccc(OC(=O)CCc2ncc(-c3ccc(F)cc3F)o2)cc1. The third-order valence-electron chi connectivity index (χ3n) is 3.70. The van der Waals surface area contributed by atoms with Gasteiger partial charge in [-0.15, -0.1) is 0 Å². The molecule has 1 aromatic heterocycles. The van der Waals surface area contributed by atoms with Gasteiger partial charge in [-0.05, 0) is 36.4 Å². The largest absolute Gasteiger partial charge is 0.441 e. The Morgan fingerprint density at radius 1 is 1.14 bits per heavy atom. The third kappa shape index (κ3) is 5.00. The van der Waals surface area contributed by atoms with Crippen LogP contribution in [0.4, 0.5) is 14.5 Å². The second-order valence-corrected chi connectivity index (χ2v) is 5.92. The van der Waals surface area contributed by atoms with E-state index in [9.17, 15) is 18.4 Å². The fourth-order valence-corrected chi connectivity index (χ4v) is 2.44. The molecule has 0 spiro atoms. The van der Waals surface area contributed by atoms with Gasteiger partial charge in [-0.1, -0.05) is 0 Å². The minimum atomic E-state index is -0.759. The normalized spacial score (nSPS) is 10.5. The summed E-state index contributed by atoms with van der Waals surface area (Å²) in [6, 6.07) is 9.48. The molecule has 0 aliphatic carbocycles. The first-order valence-corrected chi connectivity index (χ1v) is 8.39. The molecule has 1 amide bonds. The Kier molecular flexibility index (Phi) is 5.78. The molecule has 3 rings (SSSR count). The van der Waals surface area contributed by atoms with Crippen molar-refractivity contribution in [3.63, 3.8) is 0 Å². The number of aromatic nitrogens is 1. The Bertz CT molecular complexity index is 1000. The molecule has 0 saturated carbocycles. The summed E-state index contributed by atoms with van der Waals surface area (Å²) in [6.45, 7) is 1.40. The van der Waals surface area contributed by atoms with Crippen LogP contribution in [0.15, 0.2) is 53.1 Å². The number of anilines is 1. The summed E-state index contributed by atoms with van der Waals surface area (Å²) in [4.78, 5) is 26.9. The van der Waals surface area contributed by atoms with Crippen LogP contribution < -0.4 is 10.1 Å². The number of amides is 1. The van der Waals surface area contributed by atoms with Crippen LogP contribution in [0, 0.1) is 11.6 Å². The van der Waals surface area contributed by atoms with E-state index in [0.29, 0.717) is 11.4 Å². The van der Waals surface area contributed by atoms with Crippen LogP contribution in [-0.2, 0) is 16.0 Å². The molecule has 1 heterocycles. The van der Waals surface area contributed by atoms with Gasteiger partial charge < -0.3 is 14.5 Å². The zero-order chi connectivity index (χ0) is 20.1. The Hall–Kier alpha value is -3.55. The molecule has 1 N–H and O–H groups in total. The van der Waals surface area contributed by atoms with E-state index in [1.807, 2.05) is 0 Å². The molecule has 0 saturated heterocycles. The number of hydrogen-bond donors (Lipinski definition) is 1. The Labute approximate surface area is 159 Å². The van der Waals surface area contributed by atoms with E-state index in [1.54, 1.807) is 24.3 Å². The van der Waals surface area contributed by atoms with Crippen LogP contribution >= 0.6 is 0 Å². The van der Waals surface area contributed by atoms with Crippen LogP contribution in [0.25, 0.3) is 11.3 Å². The minimum Gasteiger partial charge on any atom is -0.441 e. The minimum absolute atomic E-state index is 0.000694. The molecule has 144 valence electrons. The van der Waals surface area contributed by atoms with Crippen molar-refractivity contribution in [1.82, 2.24) is 4.98 Å². The van der Waals surface area contributed by atoms with Crippen LogP contribution in [-0.4, -0.2) is 16.9 Å². The van der Waals surface area contributed by atoms with Crippen LogP contribution in [0.1, 0.15) is 19.2 Å². The van der Waals surface area contributed by atoms with Gasteiger partial charge in [-0.3, -0.25) is 9.59 Å². The average Bonchev–Trinajstić information content (AvgIpc) is 3.10. The van der Waals surface area contributed by atoms with Gasteiger partial charge in [0.15, 0.2) is 11.7 Å². The highest BCUT2D eigenvalue weighted by Gasteiger charge is 2.13. The lowest BCUT2D eigenvalue weighted by atomic mass is 10.2. The molecular weight excluding hydrogens is 370 g/mol. The first kappa shape index (κ1) is 19.2. The smallest absolute Gasteiger partial charge is 0.311 e. The summed E-state index contributed by atoms with van der Waals surface area (Å²) in [6.07, 6.45) is 1.47. The van der Waals surface area contributed by atoms with Gasteiger partial charge in [0.1, 0.15) is 17.4 Å². The number of hydrogen-bond acceptors (Lipinski definition) is 5. The van der Waals surface area contributed by atoms with Crippen molar-refractivity contribution in [2.75, 3.05) is 5.32 Å². The van der Waals surface area contributed by atoms with Crippen LogP contribution in [0.3, 0.4) is 0 Å². The number of carbonyl (C=O) groups is 2. The van der Waals surface area contributed by atoms with Gasteiger partial charge >= 0.3 is 5.97 Å². The molecule has 0 aliphatic heterocycles. The summed E-state index contributed by atoms with van der Waals surface area (Å²) in [5.74, 6) is -1.43. The number of benzene rings is 2. The van der Waals surface area contributed by atoms with Gasteiger partial charge in [0, 0.05) is 25.1 Å². The topological polar surface area (TPSA) is 81.4 Å². The summed E-state index contributed by atoms with van der Waals surface area (Å²) in [5, 5.41) is 2.61. The predicted molar refractivity (Wildman–Crippen MR) is 96.6 cm³/mol. The Morgan fingerprint density at radius 3 is 2.57 bits per heavy atom. The van der Waals surface area contributed by atoms with E-state index < -0.39 is 17.6 Å². The van der Waals surface area contributed by atoms with Gasteiger partial charge in [-0.2, -0.15) is 0 Å². The van der Waals surface area contributed by atoms with Crippen LogP contribution in [0.5, 0.6) is 5.75 Å². The number of aryl methyl sites for hydroxylation is 1. The summed E-state index contributed by atoms with van der Waals surface area (Å²) in [7, 11) is 0. The van der Waals surface area contributed by atoms with Gasteiger partial charge in [0.25, 0.3) is 0 Å². The zero-order valence-corrected chi connectivity index (χ0v) is 14.9. The van der Waals surface area contributed by atoms with Crippen molar-refractivity contribution in [3.8, 4) is 17.1 Å². The highest BCUT2D eigenvalue weighted by Crippen LogP contribution is 2.24. The van der Waals surface area contributed by atoms with E-state index in [-0.39, 0.29) is 36.0 Å².